The van der Waals surface area contributed by atoms with Crippen LogP contribution in [0.1, 0.15) is 6.42 Å². The first-order valence-corrected chi connectivity index (χ1v) is 6.90. The second-order valence-corrected chi connectivity index (χ2v) is 5.01. The van der Waals surface area contributed by atoms with Crippen molar-refractivity contribution in [3.63, 3.8) is 0 Å². The van der Waals surface area contributed by atoms with Crippen molar-refractivity contribution in [2.75, 3.05) is 32.7 Å². The lowest BCUT2D eigenvalue weighted by molar-refractivity contribution is 0.235. The van der Waals surface area contributed by atoms with Crippen molar-refractivity contribution in [2.45, 2.75) is 13.0 Å². The predicted octanol–water partition coefficient (Wildman–Crippen LogP) is 1.94. The van der Waals surface area contributed by atoms with Gasteiger partial charge in [0.1, 0.15) is 0 Å². The number of piperazine rings is 1. The molecule has 3 nitrogen and oxygen atoms in total. The molecule has 3 heteroatoms. The molecule has 1 saturated heterocycles. The van der Waals surface area contributed by atoms with Gasteiger partial charge >= 0.3 is 0 Å². The van der Waals surface area contributed by atoms with Crippen LogP contribution in [0.25, 0.3) is 10.9 Å². The van der Waals surface area contributed by atoms with Gasteiger partial charge in [-0.1, -0.05) is 18.2 Å². The van der Waals surface area contributed by atoms with Gasteiger partial charge in [-0.15, -0.1) is 0 Å². The highest BCUT2D eigenvalue weighted by Gasteiger charge is 2.08. The summed E-state index contributed by atoms with van der Waals surface area (Å²) in [6.07, 6.45) is 3.45. The fourth-order valence-corrected chi connectivity index (χ4v) is 2.74. The topological polar surface area (TPSA) is 20.2 Å². The largest absolute Gasteiger partial charge is 0.347 e. The molecule has 0 amide bonds. The number of aryl methyl sites for hydroxylation is 1. The monoisotopic (exact) mass is 243 g/mol. The normalized spacial score (nSPS) is 17.3. The van der Waals surface area contributed by atoms with Crippen LogP contribution >= 0.6 is 0 Å². The minimum atomic E-state index is 1.12. The van der Waals surface area contributed by atoms with Crippen molar-refractivity contribution in [2.24, 2.45) is 0 Å². The minimum absolute atomic E-state index is 1.12. The van der Waals surface area contributed by atoms with Gasteiger partial charge in [-0.3, -0.25) is 0 Å². The lowest BCUT2D eigenvalue weighted by Crippen LogP contribution is -2.43. The van der Waals surface area contributed by atoms with Gasteiger partial charge in [-0.05, 0) is 30.5 Å². The number of fused-ring (bicyclic) bond motifs is 1. The van der Waals surface area contributed by atoms with E-state index in [0.717, 1.165) is 19.6 Å². The SMILES string of the molecule is c1ccc2c(c1)ccn2CCCN1CCNCC1. The number of hydrogen-bond acceptors (Lipinski definition) is 2. The molecule has 1 aromatic carbocycles. The molecule has 0 atom stereocenters. The van der Waals surface area contributed by atoms with E-state index in [2.05, 4.69) is 51.3 Å². The summed E-state index contributed by atoms with van der Waals surface area (Å²) in [7, 11) is 0. The summed E-state index contributed by atoms with van der Waals surface area (Å²) in [6.45, 7) is 7.03. The average Bonchev–Trinajstić information content (AvgIpc) is 2.84. The predicted molar refractivity (Wildman–Crippen MR) is 75.9 cm³/mol. The van der Waals surface area contributed by atoms with E-state index in [4.69, 9.17) is 0 Å². The Kier molecular flexibility index (Phi) is 3.62. The van der Waals surface area contributed by atoms with Gasteiger partial charge in [0.2, 0.25) is 0 Å². The van der Waals surface area contributed by atoms with E-state index in [0.29, 0.717) is 0 Å². The van der Waals surface area contributed by atoms with Gasteiger partial charge in [0.05, 0.1) is 0 Å². The molecule has 18 heavy (non-hydrogen) atoms. The van der Waals surface area contributed by atoms with Crippen LogP contribution in [-0.2, 0) is 6.54 Å². The highest BCUT2D eigenvalue weighted by atomic mass is 15.2. The van der Waals surface area contributed by atoms with Gasteiger partial charge in [0.25, 0.3) is 0 Å². The quantitative estimate of drug-likeness (QED) is 0.885. The summed E-state index contributed by atoms with van der Waals surface area (Å²) in [5.74, 6) is 0. The Balaban J connectivity index is 1.56. The summed E-state index contributed by atoms with van der Waals surface area (Å²) < 4.78 is 2.37. The maximum absolute atomic E-state index is 3.40. The van der Waals surface area contributed by atoms with Crippen LogP contribution in [0.4, 0.5) is 0 Å². The number of nitrogens with one attached hydrogen (secondary N) is 1. The number of benzene rings is 1. The van der Waals surface area contributed by atoms with E-state index >= 15 is 0 Å². The number of rotatable bonds is 4. The van der Waals surface area contributed by atoms with Crippen LogP contribution in [0.5, 0.6) is 0 Å². The molecule has 0 spiro atoms. The Labute approximate surface area is 108 Å². The first kappa shape index (κ1) is 11.8. The maximum Gasteiger partial charge on any atom is 0.0480 e. The summed E-state index contributed by atoms with van der Waals surface area (Å²) in [4.78, 5) is 2.56. The molecule has 1 fully saturated rings. The van der Waals surface area contributed by atoms with Crippen molar-refractivity contribution < 1.29 is 0 Å². The molecule has 3 rings (SSSR count). The van der Waals surface area contributed by atoms with Gasteiger partial charge < -0.3 is 14.8 Å². The number of nitrogens with zero attached hydrogens (tertiary/aromatic N) is 2. The Hall–Kier alpha value is -1.32. The molecule has 2 aromatic rings. The van der Waals surface area contributed by atoms with Crippen molar-refractivity contribution in [3.8, 4) is 0 Å². The lowest BCUT2D eigenvalue weighted by Gasteiger charge is -2.27. The third-order valence-electron chi connectivity index (χ3n) is 3.76. The highest BCUT2D eigenvalue weighted by molar-refractivity contribution is 5.79. The fraction of sp³-hybridized carbons (Fsp3) is 0.467. The van der Waals surface area contributed by atoms with Crippen LogP contribution in [0.2, 0.25) is 0 Å². The van der Waals surface area contributed by atoms with E-state index in [1.165, 1.54) is 37.0 Å². The van der Waals surface area contributed by atoms with Crippen LogP contribution in [0.3, 0.4) is 0 Å². The zero-order chi connectivity index (χ0) is 12.2. The Morgan fingerprint density at radius 2 is 1.83 bits per heavy atom. The van der Waals surface area contributed by atoms with Crippen molar-refractivity contribution in [3.05, 3.63) is 36.5 Å². The second kappa shape index (κ2) is 5.55. The number of aromatic nitrogens is 1. The summed E-state index contributed by atoms with van der Waals surface area (Å²) in [5.41, 5.74) is 1.36. The Bertz CT molecular complexity index is 497. The smallest absolute Gasteiger partial charge is 0.0480 e. The standard InChI is InChI=1S/C15H21N3/c1-2-5-15-14(4-1)6-11-18(15)10-3-9-17-12-7-16-8-13-17/h1-2,4-6,11,16H,3,7-10,12-13H2. The molecular formula is C15H21N3. The number of para-hydroxylation sites is 1. The molecule has 0 radical (unpaired) electrons. The molecule has 1 aromatic heterocycles. The average molecular weight is 243 g/mol. The van der Waals surface area contributed by atoms with Gasteiger partial charge in [0, 0.05) is 44.4 Å². The van der Waals surface area contributed by atoms with E-state index in [9.17, 15) is 0 Å². The molecule has 96 valence electrons. The molecule has 1 aliphatic heterocycles. The number of hydrogen-bond donors (Lipinski definition) is 1. The summed E-state index contributed by atoms with van der Waals surface area (Å²) in [6, 6.07) is 10.8. The molecule has 0 unspecified atom stereocenters. The molecular weight excluding hydrogens is 222 g/mol. The van der Waals surface area contributed by atoms with Crippen molar-refractivity contribution >= 4 is 10.9 Å². The van der Waals surface area contributed by atoms with Crippen LogP contribution in [0.15, 0.2) is 36.5 Å². The Morgan fingerprint density at radius 3 is 2.72 bits per heavy atom. The molecule has 0 saturated carbocycles. The lowest BCUT2D eigenvalue weighted by atomic mass is 10.2. The third kappa shape index (κ3) is 2.57. The van der Waals surface area contributed by atoms with E-state index in [1.54, 1.807) is 0 Å². The fourth-order valence-electron chi connectivity index (χ4n) is 2.74. The summed E-state index contributed by atoms with van der Waals surface area (Å²) in [5, 5.41) is 4.74. The van der Waals surface area contributed by atoms with Gasteiger partial charge in [-0.2, -0.15) is 0 Å². The molecule has 0 aliphatic carbocycles. The Morgan fingerprint density at radius 1 is 1.00 bits per heavy atom. The van der Waals surface area contributed by atoms with Crippen molar-refractivity contribution in [1.29, 1.82) is 0 Å². The second-order valence-electron chi connectivity index (χ2n) is 5.01. The molecule has 0 bridgehead atoms. The first-order chi connectivity index (χ1) is 8.93. The van der Waals surface area contributed by atoms with E-state index in [1.807, 2.05) is 0 Å². The minimum Gasteiger partial charge on any atom is -0.347 e. The molecule has 1 N–H and O–H groups in total. The third-order valence-corrected chi connectivity index (χ3v) is 3.76. The van der Waals surface area contributed by atoms with Crippen LogP contribution in [-0.4, -0.2) is 42.2 Å². The molecule has 2 heterocycles. The van der Waals surface area contributed by atoms with Crippen LogP contribution in [0, 0.1) is 0 Å². The zero-order valence-corrected chi connectivity index (χ0v) is 10.8. The maximum atomic E-state index is 3.40. The molecule has 1 aliphatic rings. The first-order valence-electron chi connectivity index (χ1n) is 6.90. The van der Waals surface area contributed by atoms with E-state index < -0.39 is 0 Å². The van der Waals surface area contributed by atoms with Crippen molar-refractivity contribution in [1.82, 2.24) is 14.8 Å². The summed E-state index contributed by atoms with van der Waals surface area (Å²) >= 11 is 0. The highest BCUT2D eigenvalue weighted by Crippen LogP contribution is 2.15. The van der Waals surface area contributed by atoms with Crippen LogP contribution < -0.4 is 5.32 Å². The van der Waals surface area contributed by atoms with E-state index in [-0.39, 0.29) is 0 Å². The van der Waals surface area contributed by atoms with Gasteiger partial charge in [0.15, 0.2) is 0 Å². The van der Waals surface area contributed by atoms with Gasteiger partial charge in [-0.25, -0.2) is 0 Å². The zero-order valence-electron chi connectivity index (χ0n) is 10.8.